The molecule has 0 radical (unpaired) electrons. The Balaban J connectivity index is 2.59. The second kappa shape index (κ2) is 8.39. The standard InChI is InChI=1S/C14H21NO5/c1-15-11(14(17)19-3)6-7-20-12-5-4-10(9-16)8-13(12)18-2/h4-5,8,11,15-16H,6-7,9H2,1-3H3. The van der Waals surface area contributed by atoms with Crippen LogP contribution in [0.5, 0.6) is 11.5 Å². The minimum atomic E-state index is -0.400. The highest BCUT2D eigenvalue weighted by atomic mass is 16.5. The SMILES string of the molecule is CNC(CCOc1ccc(CO)cc1OC)C(=O)OC. The van der Waals surface area contributed by atoms with Crippen LogP contribution in [-0.4, -0.2) is 45.0 Å². The zero-order valence-corrected chi connectivity index (χ0v) is 12.0. The molecule has 0 aliphatic heterocycles. The van der Waals surface area contributed by atoms with Crippen molar-refractivity contribution in [2.45, 2.75) is 19.1 Å². The molecule has 20 heavy (non-hydrogen) atoms. The molecule has 0 spiro atoms. The van der Waals surface area contributed by atoms with E-state index in [0.29, 0.717) is 24.5 Å². The van der Waals surface area contributed by atoms with Gasteiger partial charge in [0.05, 0.1) is 27.4 Å². The quantitative estimate of drug-likeness (QED) is 0.685. The van der Waals surface area contributed by atoms with E-state index in [1.165, 1.54) is 14.2 Å². The maximum atomic E-state index is 11.4. The van der Waals surface area contributed by atoms with Crippen LogP contribution in [0.3, 0.4) is 0 Å². The molecule has 0 amide bonds. The predicted molar refractivity (Wildman–Crippen MR) is 73.9 cm³/mol. The minimum Gasteiger partial charge on any atom is -0.493 e. The Bertz CT molecular complexity index is 436. The number of likely N-dealkylation sites (N-methyl/N-ethyl adjacent to an activating group) is 1. The van der Waals surface area contributed by atoms with E-state index < -0.39 is 6.04 Å². The lowest BCUT2D eigenvalue weighted by Crippen LogP contribution is -2.36. The maximum Gasteiger partial charge on any atom is 0.322 e. The first kappa shape index (κ1) is 16.3. The summed E-state index contributed by atoms with van der Waals surface area (Å²) < 4.78 is 15.5. The van der Waals surface area contributed by atoms with E-state index in [4.69, 9.17) is 14.6 Å². The molecule has 0 aliphatic rings. The third kappa shape index (κ3) is 4.40. The molecule has 112 valence electrons. The lowest BCUT2D eigenvalue weighted by atomic mass is 10.2. The van der Waals surface area contributed by atoms with Crippen LogP contribution in [0, 0.1) is 0 Å². The molecule has 0 aromatic heterocycles. The first-order valence-electron chi connectivity index (χ1n) is 6.32. The highest BCUT2D eigenvalue weighted by Gasteiger charge is 2.17. The third-order valence-corrected chi connectivity index (χ3v) is 2.91. The van der Waals surface area contributed by atoms with Gasteiger partial charge in [0.15, 0.2) is 11.5 Å². The summed E-state index contributed by atoms with van der Waals surface area (Å²) in [7, 11) is 4.58. The van der Waals surface area contributed by atoms with Gasteiger partial charge in [0, 0.05) is 6.42 Å². The number of hydrogen-bond donors (Lipinski definition) is 2. The third-order valence-electron chi connectivity index (χ3n) is 2.91. The molecule has 2 N–H and O–H groups in total. The average Bonchev–Trinajstić information content (AvgIpc) is 2.50. The monoisotopic (exact) mass is 283 g/mol. The summed E-state index contributed by atoms with van der Waals surface area (Å²) in [4.78, 5) is 11.4. The van der Waals surface area contributed by atoms with Crippen molar-refractivity contribution in [1.82, 2.24) is 5.32 Å². The van der Waals surface area contributed by atoms with E-state index >= 15 is 0 Å². The van der Waals surface area contributed by atoms with Crippen molar-refractivity contribution in [1.29, 1.82) is 0 Å². The number of esters is 1. The van der Waals surface area contributed by atoms with E-state index in [1.54, 1.807) is 25.2 Å². The van der Waals surface area contributed by atoms with Gasteiger partial charge >= 0.3 is 5.97 Å². The van der Waals surface area contributed by atoms with Gasteiger partial charge in [0.1, 0.15) is 6.04 Å². The van der Waals surface area contributed by atoms with Crippen LogP contribution >= 0.6 is 0 Å². The van der Waals surface area contributed by atoms with Crippen LogP contribution in [-0.2, 0) is 16.1 Å². The zero-order chi connectivity index (χ0) is 15.0. The average molecular weight is 283 g/mol. The van der Waals surface area contributed by atoms with E-state index in [9.17, 15) is 4.79 Å². The second-order valence-electron chi connectivity index (χ2n) is 4.14. The number of aliphatic hydroxyl groups excluding tert-OH is 1. The number of aliphatic hydroxyl groups is 1. The molecular weight excluding hydrogens is 262 g/mol. The van der Waals surface area contributed by atoms with Crippen LogP contribution in [0.25, 0.3) is 0 Å². The van der Waals surface area contributed by atoms with Crippen LogP contribution < -0.4 is 14.8 Å². The van der Waals surface area contributed by atoms with Crippen LogP contribution in [0.2, 0.25) is 0 Å². The summed E-state index contributed by atoms with van der Waals surface area (Å²) >= 11 is 0. The van der Waals surface area contributed by atoms with Crippen molar-refractivity contribution in [3.63, 3.8) is 0 Å². The van der Waals surface area contributed by atoms with Gasteiger partial charge in [-0.15, -0.1) is 0 Å². The molecule has 1 aromatic rings. The van der Waals surface area contributed by atoms with Gasteiger partial charge in [-0.2, -0.15) is 0 Å². The predicted octanol–water partition coefficient (Wildman–Crippen LogP) is 0.717. The summed E-state index contributed by atoms with van der Waals surface area (Å²) in [5.74, 6) is 0.804. The maximum absolute atomic E-state index is 11.4. The van der Waals surface area contributed by atoms with Crippen LogP contribution in [0.1, 0.15) is 12.0 Å². The molecule has 0 bridgehead atoms. The highest BCUT2D eigenvalue weighted by Crippen LogP contribution is 2.28. The van der Waals surface area contributed by atoms with Crippen molar-refractivity contribution >= 4 is 5.97 Å². The van der Waals surface area contributed by atoms with Gasteiger partial charge in [0.2, 0.25) is 0 Å². The van der Waals surface area contributed by atoms with E-state index in [-0.39, 0.29) is 12.6 Å². The molecule has 0 saturated heterocycles. The second-order valence-corrected chi connectivity index (χ2v) is 4.14. The molecule has 0 aliphatic carbocycles. The molecule has 1 rings (SSSR count). The zero-order valence-electron chi connectivity index (χ0n) is 12.0. The van der Waals surface area contributed by atoms with Crippen molar-refractivity contribution in [3.05, 3.63) is 23.8 Å². The summed E-state index contributed by atoms with van der Waals surface area (Å²) in [6, 6.07) is 4.80. The molecule has 6 heteroatoms. The number of benzene rings is 1. The Kier molecular flexibility index (Phi) is 6.83. The Morgan fingerprint density at radius 2 is 2.10 bits per heavy atom. The molecule has 1 atom stereocenters. The smallest absolute Gasteiger partial charge is 0.322 e. The summed E-state index contributed by atoms with van der Waals surface area (Å²) in [5.41, 5.74) is 0.747. The molecule has 0 heterocycles. The van der Waals surface area contributed by atoms with Gasteiger partial charge in [-0.05, 0) is 24.7 Å². The number of hydrogen-bond acceptors (Lipinski definition) is 6. The molecule has 0 fully saturated rings. The van der Waals surface area contributed by atoms with Gasteiger partial charge < -0.3 is 24.6 Å². The fourth-order valence-corrected chi connectivity index (χ4v) is 1.74. The Labute approximate surface area is 118 Å². The number of ether oxygens (including phenoxy) is 3. The number of carbonyl (C=O) groups excluding carboxylic acids is 1. The topological polar surface area (TPSA) is 77.0 Å². The Hall–Kier alpha value is -1.79. The van der Waals surface area contributed by atoms with E-state index in [2.05, 4.69) is 10.1 Å². The Morgan fingerprint density at radius 3 is 2.65 bits per heavy atom. The first-order chi connectivity index (χ1) is 9.65. The molecule has 6 nitrogen and oxygen atoms in total. The number of carbonyl (C=O) groups is 1. The van der Waals surface area contributed by atoms with Gasteiger partial charge in [-0.1, -0.05) is 6.07 Å². The fourth-order valence-electron chi connectivity index (χ4n) is 1.74. The van der Waals surface area contributed by atoms with Gasteiger partial charge in [-0.25, -0.2) is 0 Å². The lowest BCUT2D eigenvalue weighted by Gasteiger charge is -2.15. The lowest BCUT2D eigenvalue weighted by molar-refractivity contribution is -0.143. The number of rotatable bonds is 8. The van der Waals surface area contributed by atoms with Crippen molar-refractivity contribution in [2.24, 2.45) is 0 Å². The molecule has 1 aromatic carbocycles. The number of methoxy groups -OCH3 is 2. The normalized spacial score (nSPS) is 11.8. The molecule has 0 saturated carbocycles. The van der Waals surface area contributed by atoms with Crippen LogP contribution in [0.15, 0.2) is 18.2 Å². The largest absolute Gasteiger partial charge is 0.493 e. The number of nitrogens with one attached hydrogen (secondary N) is 1. The summed E-state index contributed by atoms with van der Waals surface area (Å²) in [6.45, 7) is 0.288. The molecule has 1 unspecified atom stereocenters. The van der Waals surface area contributed by atoms with Crippen molar-refractivity contribution in [3.8, 4) is 11.5 Å². The van der Waals surface area contributed by atoms with Gasteiger partial charge in [-0.3, -0.25) is 4.79 Å². The van der Waals surface area contributed by atoms with E-state index in [0.717, 1.165) is 5.56 Å². The first-order valence-corrected chi connectivity index (χ1v) is 6.32. The van der Waals surface area contributed by atoms with Crippen molar-refractivity contribution in [2.75, 3.05) is 27.9 Å². The Morgan fingerprint density at radius 1 is 1.35 bits per heavy atom. The highest BCUT2D eigenvalue weighted by molar-refractivity contribution is 5.75. The van der Waals surface area contributed by atoms with Gasteiger partial charge in [0.25, 0.3) is 0 Å². The van der Waals surface area contributed by atoms with E-state index in [1.807, 2.05) is 0 Å². The molecular formula is C14H21NO5. The summed E-state index contributed by atoms with van der Waals surface area (Å²) in [5, 5.41) is 11.9. The minimum absolute atomic E-state index is 0.0548. The van der Waals surface area contributed by atoms with Crippen molar-refractivity contribution < 1.29 is 24.1 Å². The summed E-state index contributed by atoms with van der Waals surface area (Å²) in [6.07, 6.45) is 0.480. The fraction of sp³-hybridized carbons (Fsp3) is 0.500. The van der Waals surface area contributed by atoms with Crippen LogP contribution in [0.4, 0.5) is 0 Å².